The number of amides is 1. The molecule has 1 amide bonds. The Kier molecular flexibility index (Phi) is 4.46. The van der Waals surface area contributed by atoms with Crippen LogP contribution in [0.1, 0.15) is 21.8 Å². The molecule has 0 aliphatic heterocycles. The van der Waals surface area contributed by atoms with Crippen molar-refractivity contribution in [2.24, 2.45) is 0 Å². The van der Waals surface area contributed by atoms with Crippen LogP contribution in [0.5, 0.6) is 0 Å². The molecule has 0 aliphatic rings. The topological polar surface area (TPSA) is 92.9 Å². The van der Waals surface area contributed by atoms with Crippen LogP contribution in [0, 0.1) is 12.7 Å². The van der Waals surface area contributed by atoms with E-state index in [1.54, 1.807) is 37.3 Å². The van der Waals surface area contributed by atoms with E-state index in [4.69, 9.17) is 4.52 Å². The lowest BCUT2D eigenvalue weighted by Gasteiger charge is -2.05. The van der Waals surface area contributed by atoms with E-state index in [9.17, 15) is 9.18 Å². The second-order valence-corrected chi connectivity index (χ2v) is 5.06. The normalized spacial score (nSPS) is 10.4. The van der Waals surface area contributed by atoms with E-state index in [1.807, 2.05) is 0 Å². The number of nitrogens with zero attached hydrogens (tertiary/aromatic N) is 3. The molecular weight excluding hydrogens is 313 g/mol. The smallest absolute Gasteiger partial charge is 0.272 e. The summed E-state index contributed by atoms with van der Waals surface area (Å²) in [6.07, 6.45) is 0. The summed E-state index contributed by atoms with van der Waals surface area (Å²) in [5, 5.41) is 17.2. The minimum absolute atomic E-state index is 0.180. The standard InChI is InChI=1S/C16H14FN5O2/c1-10-8-15(22-24-10)19-14-7-6-13(20-21-14)16(23)18-9-11-2-4-12(17)5-3-11/h2-8H,9H2,1H3,(H,18,23)(H,19,21,22). The van der Waals surface area contributed by atoms with Crippen LogP contribution in [-0.2, 0) is 6.54 Å². The number of halogens is 1. The summed E-state index contributed by atoms with van der Waals surface area (Å²) in [7, 11) is 0. The number of nitrogens with one attached hydrogen (secondary N) is 2. The van der Waals surface area contributed by atoms with E-state index in [1.165, 1.54) is 12.1 Å². The summed E-state index contributed by atoms with van der Waals surface area (Å²) in [5.41, 5.74) is 0.969. The summed E-state index contributed by atoms with van der Waals surface area (Å²) in [6, 6.07) is 10.8. The molecular formula is C16H14FN5O2. The highest BCUT2D eigenvalue weighted by atomic mass is 19.1. The first-order valence-electron chi connectivity index (χ1n) is 7.17. The van der Waals surface area contributed by atoms with Crippen molar-refractivity contribution in [3.8, 4) is 0 Å². The Labute approximate surface area is 136 Å². The molecule has 7 nitrogen and oxygen atoms in total. The predicted octanol–water partition coefficient (Wildman–Crippen LogP) is 2.59. The van der Waals surface area contributed by atoms with Crippen molar-refractivity contribution in [3.05, 3.63) is 65.3 Å². The molecule has 0 spiro atoms. The van der Waals surface area contributed by atoms with Crippen LogP contribution in [0.3, 0.4) is 0 Å². The molecule has 0 saturated carbocycles. The summed E-state index contributed by atoms with van der Waals surface area (Å²) in [4.78, 5) is 12.0. The first-order valence-corrected chi connectivity index (χ1v) is 7.17. The quantitative estimate of drug-likeness (QED) is 0.748. The largest absolute Gasteiger partial charge is 0.360 e. The molecule has 2 aromatic heterocycles. The molecule has 2 N–H and O–H groups in total. The number of anilines is 2. The molecule has 0 aliphatic carbocycles. The van der Waals surface area contributed by atoms with Crippen molar-refractivity contribution >= 4 is 17.5 Å². The molecule has 2 heterocycles. The number of carbonyl (C=O) groups excluding carboxylic acids is 1. The molecule has 0 bridgehead atoms. The summed E-state index contributed by atoms with van der Waals surface area (Å²) in [6.45, 7) is 2.05. The van der Waals surface area contributed by atoms with Crippen molar-refractivity contribution in [1.29, 1.82) is 0 Å². The third-order valence-electron chi connectivity index (χ3n) is 3.15. The van der Waals surface area contributed by atoms with Gasteiger partial charge in [0.25, 0.3) is 5.91 Å². The van der Waals surface area contributed by atoms with Gasteiger partial charge in [-0.3, -0.25) is 4.79 Å². The Morgan fingerprint density at radius 3 is 2.54 bits per heavy atom. The fraction of sp³-hybridized carbons (Fsp3) is 0.125. The number of aromatic nitrogens is 3. The molecule has 0 saturated heterocycles. The number of carbonyl (C=O) groups is 1. The average Bonchev–Trinajstić information content (AvgIpc) is 2.99. The van der Waals surface area contributed by atoms with Gasteiger partial charge in [0.2, 0.25) is 0 Å². The molecule has 0 radical (unpaired) electrons. The highest BCUT2D eigenvalue weighted by Crippen LogP contribution is 2.13. The molecule has 3 aromatic rings. The van der Waals surface area contributed by atoms with Crippen LogP contribution in [0.4, 0.5) is 16.0 Å². The second kappa shape index (κ2) is 6.86. The molecule has 8 heteroatoms. The fourth-order valence-corrected chi connectivity index (χ4v) is 1.95. The zero-order chi connectivity index (χ0) is 16.9. The van der Waals surface area contributed by atoms with Gasteiger partial charge < -0.3 is 15.2 Å². The van der Waals surface area contributed by atoms with Gasteiger partial charge in [0, 0.05) is 12.6 Å². The minimum atomic E-state index is -0.365. The van der Waals surface area contributed by atoms with Crippen molar-refractivity contribution in [2.75, 3.05) is 5.32 Å². The number of hydrogen-bond donors (Lipinski definition) is 2. The van der Waals surface area contributed by atoms with E-state index in [0.717, 1.165) is 5.56 Å². The molecule has 1 aromatic carbocycles. The number of aryl methyl sites for hydroxylation is 1. The number of benzene rings is 1. The van der Waals surface area contributed by atoms with Crippen molar-refractivity contribution in [1.82, 2.24) is 20.7 Å². The lowest BCUT2D eigenvalue weighted by Crippen LogP contribution is -2.24. The Bertz CT molecular complexity index is 830. The van der Waals surface area contributed by atoms with Gasteiger partial charge in [0.1, 0.15) is 11.6 Å². The summed E-state index contributed by atoms with van der Waals surface area (Å²) >= 11 is 0. The van der Waals surface area contributed by atoms with E-state index >= 15 is 0 Å². The molecule has 0 unspecified atom stereocenters. The minimum Gasteiger partial charge on any atom is -0.360 e. The zero-order valence-electron chi connectivity index (χ0n) is 12.8. The van der Waals surface area contributed by atoms with Gasteiger partial charge in [-0.2, -0.15) is 0 Å². The van der Waals surface area contributed by atoms with Crippen molar-refractivity contribution in [3.63, 3.8) is 0 Å². The second-order valence-electron chi connectivity index (χ2n) is 5.06. The van der Waals surface area contributed by atoms with Crippen molar-refractivity contribution < 1.29 is 13.7 Å². The van der Waals surface area contributed by atoms with Gasteiger partial charge in [-0.15, -0.1) is 10.2 Å². The highest BCUT2D eigenvalue weighted by molar-refractivity contribution is 5.92. The Morgan fingerprint density at radius 2 is 1.92 bits per heavy atom. The first-order chi connectivity index (χ1) is 11.6. The van der Waals surface area contributed by atoms with Crippen LogP contribution < -0.4 is 10.6 Å². The Balaban J connectivity index is 1.58. The Morgan fingerprint density at radius 1 is 1.12 bits per heavy atom. The first kappa shape index (κ1) is 15.6. The molecule has 3 rings (SSSR count). The van der Waals surface area contributed by atoms with Gasteiger partial charge in [0.05, 0.1) is 0 Å². The van der Waals surface area contributed by atoms with E-state index < -0.39 is 0 Å². The third kappa shape index (κ3) is 3.92. The van der Waals surface area contributed by atoms with E-state index in [2.05, 4.69) is 26.0 Å². The van der Waals surface area contributed by atoms with Gasteiger partial charge in [-0.25, -0.2) is 4.39 Å². The van der Waals surface area contributed by atoms with Crippen LogP contribution in [-0.4, -0.2) is 21.3 Å². The van der Waals surface area contributed by atoms with Gasteiger partial charge in [-0.05, 0) is 36.8 Å². The highest BCUT2D eigenvalue weighted by Gasteiger charge is 2.09. The van der Waals surface area contributed by atoms with E-state index in [-0.39, 0.29) is 24.0 Å². The molecule has 0 fully saturated rings. The van der Waals surface area contributed by atoms with Crippen LogP contribution in [0.15, 0.2) is 47.0 Å². The van der Waals surface area contributed by atoms with Crippen molar-refractivity contribution in [2.45, 2.75) is 13.5 Å². The molecule has 122 valence electrons. The van der Waals surface area contributed by atoms with Crippen LogP contribution in [0.25, 0.3) is 0 Å². The Hall–Kier alpha value is -3.29. The molecule has 0 atom stereocenters. The maximum Gasteiger partial charge on any atom is 0.272 e. The van der Waals surface area contributed by atoms with Crippen LogP contribution in [0.2, 0.25) is 0 Å². The summed E-state index contributed by atoms with van der Waals surface area (Å²) in [5.74, 6) is 0.938. The van der Waals surface area contributed by atoms with Crippen LogP contribution >= 0.6 is 0 Å². The van der Waals surface area contributed by atoms with E-state index in [0.29, 0.717) is 17.4 Å². The maximum atomic E-state index is 12.8. The SMILES string of the molecule is Cc1cc(Nc2ccc(C(=O)NCc3ccc(F)cc3)nn2)no1. The average molecular weight is 327 g/mol. The van der Waals surface area contributed by atoms with Gasteiger partial charge >= 0.3 is 0 Å². The van der Waals surface area contributed by atoms with Gasteiger partial charge in [0.15, 0.2) is 17.3 Å². The number of rotatable bonds is 5. The third-order valence-corrected chi connectivity index (χ3v) is 3.15. The lowest BCUT2D eigenvalue weighted by atomic mass is 10.2. The maximum absolute atomic E-state index is 12.8. The summed E-state index contributed by atoms with van der Waals surface area (Å²) < 4.78 is 17.8. The lowest BCUT2D eigenvalue weighted by molar-refractivity contribution is 0.0945. The number of hydrogen-bond acceptors (Lipinski definition) is 6. The fourth-order valence-electron chi connectivity index (χ4n) is 1.95. The predicted molar refractivity (Wildman–Crippen MR) is 84.1 cm³/mol. The monoisotopic (exact) mass is 327 g/mol. The zero-order valence-corrected chi connectivity index (χ0v) is 12.8. The van der Waals surface area contributed by atoms with Gasteiger partial charge in [-0.1, -0.05) is 17.3 Å². The molecule has 24 heavy (non-hydrogen) atoms.